The Morgan fingerprint density at radius 3 is 2.00 bits per heavy atom. The van der Waals surface area contributed by atoms with Gasteiger partial charge < -0.3 is 10.4 Å². The third-order valence-corrected chi connectivity index (χ3v) is 2.87. The number of benzene rings is 2. The Balaban J connectivity index is 1.93. The second-order valence-electron chi connectivity index (χ2n) is 4.62. The second kappa shape index (κ2) is 6.65. The molecule has 0 radical (unpaired) electrons. The van der Waals surface area contributed by atoms with Crippen molar-refractivity contribution in [3.8, 4) is 0 Å². The van der Waals surface area contributed by atoms with Crippen LogP contribution in [-0.4, -0.2) is 17.0 Å². The van der Waals surface area contributed by atoms with Gasteiger partial charge in [-0.1, -0.05) is 24.3 Å². The molecule has 2 aromatic rings. The molecule has 0 aliphatic rings. The van der Waals surface area contributed by atoms with Crippen LogP contribution in [0.2, 0.25) is 0 Å². The molecule has 4 nitrogen and oxygen atoms in total. The third-order valence-electron chi connectivity index (χ3n) is 2.87. The number of carbonyl (C=O) groups excluding carboxylic acids is 1. The van der Waals surface area contributed by atoms with Gasteiger partial charge in [0.15, 0.2) is 0 Å². The summed E-state index contributed by atoms with van der Waals surface area (Å²) >= 11 is 0. The summed E-state index contributed by atoms with van der Waals surface area (Å²) in [6, 6.07) is 12.4. The normalized spacial score (nSPS) is 10.1. The van der Waals surface area contributed by atoms with Gasteiger partial charge in [0.2, 0.25) is 5.91 Å². The minimum absolute atomic E-state index is 0.0518. The fourth-order valence-electron chi connectivity index (χ4n) is 1.87. The standard InChI is InChI=1S/C16H14FNO3/c17-13-5-1-11(2-6-13)9-15(19)18-14-7-3-12(4-8-14)10-16(20)21/h1-8H,9-10H2,(H,18,19)(H,20,21). The number of carbonyl (C=O) groups is 2. The minimum atomic E-state index is -0.900. The van der Waals surface area contributed by atoms with E-state index in [0.29, 0.717) is 11.3 Å². The molecule has 0 aliphatic heterocycles. The largest absolute Gasteiger partial charge is 0.481 e. The van der Waals surface area contributed by atoms with Crippen LogP contribution in [0.4, 0.5) is 10.1 Å². The van der Waals surface area contributed by atoms with E-state index in [2.05, 4.69) is 5.32 Å². The molecule has 5 heteroatoms. The van der Waals surface area contributed by atoms with Crippen molar-refractivity contribution in [1.29, 1.82) is 0 Å². The molecule has 0 atom stereocenters. The van der Waals surface area contributed by atoms with Crippen molar-refractivity contribution in [3.63, 3.8) is 0 Å². The summed E-state index contributed by atoms with van der Waals surface area (Å²) in [6.07, 6.45) is 0.0982. The fraction of sp³-hybridized carbons (Fsp3) is 0.125. The highest BCUT2D eigenvalue weighted by Gasteiger charge is 2.05. The molecule has 0 unspecified atom stereocenters. The van der Waals surface area contributed by atoms with Crippen molar-refractivity contribution in [1.82, 2.24) is 0 Å². The lowest BCUT2D eigenvalue weighted by Crippen LogP contribution is -2.14. The molecule has 108 valence electrons. The van der Waals surface area contributed by atoms with E-state index in [1.165, 1.54) is 12.1 Å². The number of aliphatic carboxylic acids is 1. The molecule has 0 heterocycles. The first-order chi connectivity index (χ1) is 10.0. The molecular weight excluding hydrogens is 273 g/mol. The summed E-state index contributed by atoms with van der Waals surface area (Å²) in [5.74, 6) is -1.45. The summed E-state index contributed by atoms with van der Waals surface area (Å²) in [7, 11) is 0. The van der Waals surface area contributed by atoms with E-state index in [0.717, 1.165) is 5.56 Å². The Morgan fingerprint density at radius 1 is 0.905 bits per heavy atom. The van der Waals surface area contributed by atoms with Gasteiger partial charge in [-0.25, -0.2) is 4.39 Å². The van der Waals surface area contributed by atoms with E-state index >= 15 is 0 Å². The predicted molar refractivity (Wildman–Crippen MR) is 76.5 cm³/mol. The highest BCUT2D eigenvalue weighted by molar-refractivity contribution is 5.92. The van der Waals surface area contributed by atoms with Gasteiger partial charge in [-0.05, 0) is 35.4 Å². The Bertz CT molecular complexity index is 636. The first kappa shape index (κ1) is 14.7. The zero-order chi connectivity index (χ0) is 15.2. The maximum atomic E-state index is 12.8. The molecule has 0 saturated heterocycles. The summed E-state index contributed by atoms with van der Waals surface area (Å²) in [5.41, 5.74) is 1.98. The molecule has 2 N–H and O–H groups in total. The van der Waals surface area contributed by atoms with E-state index < -0.39 is 5.97 Å². The van der Waals surface area contributed by atoms with Crippen molar-refractivity contribution in [3.05, 3.63) is 65.5 Å². The van der Waals surface area contributed by atoms with E-state index in [-0.39, 0.29) is 24.6 Å². The van der Waals surface area contributed by atoms with E-state index in [4.69, 9.17) is 5.11 Å². The molecule has 0 aromatic heterocycles. The van der Waals surface area contributed by atoms with Crippen LogP contribution in [0.25, 0.3) is 0 Å². The van der Waals surface area contributed by atoms with Crippen molar-refractivity contribution in [2.24, 2.45) is 0 Å². The number of nitrogens with one attached hydrogen (secondary N) is 1. The van der Waals surface area contributed by atoms with Crippen molar-refractivity contribution in [2.75, 3.05) is 5.32 Å². The number of hydrogen-bond donors (Lipinski definition) is 2. The van der Waals surface area contributed by atoms with Crippen LogP contribution in [0.1, 0.15) is 11.1 Å². The SMILES string of the molecule is O=C(O)Cc1ccc(NC(=O)Cc2ccc(F)cc2)cc1. The fourth-order valence-corrected chi connectivity index (χ4v) is 1.87. The maximum Gasteiger partial charge on any atom is 0.307 e. The summed E-state index contributed by atoms with van der Waals surface area (Å²) in [4.78, 5) is 22.4. The highest BCUT2D eigenvalue weighted by atomic mass is 19.1. The van der Waals surface area contributed by atoms with Crippen LogP contribution in [0, 0.1) is 5.82 Å². The Hall–Kier alpha value is -2.69. The van der Waals surface area contributed by atoms with Gasteiger partial charge >= 0.3 is 5.97 Å². The number of hydrogen-bond acceptors (Lipinski definition) is 2. The lowest BCUT2D eigenvalue weighted by molar-refractivity contribution is -0.136. The summed E-state index contributed by atoms with van der Waals surface area (Å²) in [5, 5.41) is 11.4. The van der Waals surface area contributed by atoms with E-state index in [9.17, 15) is 14.0 Å². The first-order valence-corrected chi connectivity index (χ1v) is 6.38. The molecule has 21 heavy (non-hydrogen) atoms. The molecule has 0 fully saturated rings. The Kier molecular flexibility index (Phi) is 4.66. The lowest BCUT2D eigenvalue weighted by Gasteiger charge is -2.06. The smallest absolute Gasteiger partial charge is 0.307 e. The molecule has 0 bridgehead atoms. The predicted octanol–water partition coefficient (Wildman–Crippen LogP) is 2.63. The van der Waals surface area contributed by atoms with Gasteiger partial charge in [-0.2, -0.15) is 0 Å². The lowest BCUT2D eigenvalue weighted by atomic mass is 10.1. The topological polar surface area (TPSA) is 66.4 Å². The molecule has 2 rings (SSSR count). The van der Waals surface area contributed by atoms with Crippen molar-refractivity contribution < 1.29 is 19.1 Å². The number of anilines is 1. The number of carboxylic acids is 1. The number of amides is 1. The average Bonchev–Trinajstić information content (AvgIpc) is 2.43. The number of rotatable bonds is 5. The van der Waals surface area contributed by atoms with E-state index in [1.807, 2.05) is 0 Å². The quantitative estimate of drug-likeness (QED) is 0.888. The molecule has 1 amide bonds. The zero-order valence-electron chi connectivity index (χ0n) is 11.2. The van der Waals surface area contributed by atoms with Crippen LogP contribution in [-0.2, 0) is 22.4 Å². The van der Waals surface area contributed by atoms with Crippen LogP contribution in [0.3, 0.4) is 0 Å². The van der Waals surface area contributed by atoms with Gasteiger partial charge in [-0.3, -0.25) is 9.59 Å². The van der Waals surface area contributed by atoms with Crippen LogP contribution in [0.15, 0.2) is 48.5 Å². The van der Waals surface area contributed by atoms with Gasteiger partial charge in [0.25, 0.3) is 0 Å². The zero-order valence-corrected chi connectivity index (χ0v) is 11.2. The molecular formula is C16H14FNO3. The second-order valence-corrected chi connectivity index (χ2v) is 4.62. The summed E-state index contributed by atoms with van der Waals surface area (Å²) < 4.78 is 12.8. The molecule has 0 aliphatic carbocycles. The Labute approximate surface area is 121 Å². The van der Waals surface area contributed by atoms with E-state index in [1.54, 1.807) is 36.4 Å². The minimum Gasteiger partial charge on any atom is -0.481 e. The van der Waals surface area contributed by atoms with Gasteiger partial charge in [0.1, 0.15) is 5.82 Å². The van der Waals surface area contributed by atoms with Crippen molar-refractivity contribution in [2.45, 2.75) is 12.8 Å². The molecule has 0 saturated carbocycles. The number of carboxylic acid groups (broad SMARTS) is 1. The van der Waals surface area contributed by atoms with Crippen molar-refractivity contribution >= 4 is 17.6 Å². The monoisotopic (exact) mass is 287 g/mol. The molecule has 2 aromatic carbocycles. The summed E-state index contributed by atoms with van der Waals surface area (Å²) in [6.45, 7) is 0. The first-order valence-electron chi connectivity index (χ1n) is 6.38. The van der Waals surface area contributed by atoms with Gasteiger partial charge in [0, 0.05) is 5.69 Å². The third kappa shape index (κ3) is 4.72. The van der Waals surface area contributed by atoms with Gasteiger partial charge in [0.05, 0.1) is 12.8 Å². The van der Waals surface area contributed by atoms with Crippen LogP contribution in [0.5, 0.6) is 0 Å². The van der Waals surface area contributed by atoms with Crippen LogP contribution >= 0.6 is 0 Å². The average molecular weight is 287 g/mol. The number of halogens is 1. The highest BCUT2D eigenvalue weighted by Crippen LogP contribution is 2.11. The maximum absolute atomic E-state index is 12.8. The Morgan fingerprint density at radius 2 is 1.43 bits per heavy atom. The van der Waals surface area contributed by atoms with Gasteiger partial charge in [-0.15, -0.1) is 0 Å². The van der Waals surface area contributed by atoms with Crippen LogP contribution < -0.4 is 5.32 Å². The molecule has 0 spiro atoms.